The van der Waals surface area contributed by atoms with Crippen molar-refractivity contribution in [2.45, 2.75) is 251 Å². The molecule has 0 rings (SSSR count). The lowest BCUT2D eigenvalue weighted by Gasteiger charge is -2.06. The summed E-state index contributed by atoms with van der Waals surface area (Å²) < 4.78 is 5.45. The van der Waals surface area contributed by atoms with Gasteiger partial charge in [0.05, 0.1) is 6.61 Å². The second kappa shape index (κ2) is 41.8. The standard InChI is InChI=1S/C44H84O4/c1-2-3-4-5-6-7-8-22-26-29-32-35-38-41-44(47)48-42-39-36-33-30-27-24-21-19-17-15-13-11-9-10-12-14-16-18-20-23-25-28-31-34-37-40-43(45)46/h7-8H,2-6,9-42H2,1H3,(H,45,46)/b8-7-. The minimum atomic E-state index is -0.655. The van der Waals surface area contributed by atoms with Crippen molar-refractivity contribution >= 4 is 11.9 Å². The molecule has 0 amide bonds. The van der Waals surface area contributed by atoms with Crippen LogP contribution in [0.3, 0.4) is 0 Å². The second-order valence-corrected chi connectivity index (χ2v) is 14.8. The van der Waals surface area contributed by atoms with E-state index in [9.17, 15) is 9.59 Å². The highest BCUT2D eigenvalue weighted by molar-refractivity contribution is 5.69. The minimum absolute atomic E-state index is 0.00938. The summed E-state index contributed by atoms with van der Waals surface area (Å²) in [4.78, 5) is 22.5. The highest BCUT2D eigenvalue weighted by atomic mass is 16.5. The molecule has 0 aromatic rings. The van der Waals surface area contributed by atoms with Gasteiger partial charge in [0.2, 0.25) is 0 Å². The second-order valence-electron chi connectivity index (χ2n) is 14.8. The molecule has 0 aliphatic rings. The molecular weight excluding hydrogens is 592 g/mol. The SMILES string of the molecule is CCCCCC/C=C\CCCCCCCC(=O)OCCCCCCCCCCCCCCCCCCCCCCCCCCCC(=O)O. The predicted molar refractivity (Wildman–Crippen MR) is 209 cm³/mol. The summed E-state index contributed by atoms with van der Waals surface area (Å²) in [6.07, 6.45) is 52.5. The van der Waals surface area contributed by atoms with E-state index in [2.05, 4.69) is 19.1 Å². The maximum Gasteiger partial charge on any atom is 0.305 e. The van der Waals surface area contributed by atoms with Crippen LogP contribution in [0.4, 0.5) is 0 Å². The Morgan fingerprint density at radius 3 is 1.04 bits per heavy atom. The minimum Gasteiger partial charge on any atom is -0.481 e. The third-order valence-electron chi connectivity index (χ3n) is 9.94. The molecule has 4 heteroatoms. The fourth-order valence-corrected chi connectivity index (χ4v) is 6.69. The molecule has 0 heterocycles. The molecule has 0 fully saturated rings. The number of hydrogen-bond acceptors (Lipinski definition) is 3. The predicted octanol–water partition coefficient (Wildman–Crippen LogP) is 15.0. The van der Waals surface area contributed by atoms with Crippen LogP contribution in [0.1, 0.15) is 251 Å². The van der Waals surface area contributed by atoms with Gasteiger partial charge in [0, 0.05) is 12.8 Å². The number of allylic oxidation sites excluding steroid dienone is 2. The lowest BCUT2D eigenvalue weighted by atomic mass is 10.0. The maximum atomic E-state index is 12.0. The van der Waals surface area contributed by atoms with Gasteiger partial charge in [0.15, 0.2) is 0 Å². The number of aliphatic carboxylic acids is 1. The van der Waals surface area contributed by atoms with Crippen LogP contribution in [0.15, 0.2) is 12.2 Å². The molecule has 4 nitrogen and oxygen atoms in total. The molecule has 0 aliphatic heterocycles. The van der Waals surface area contributed by atoms with Crippen molar-refractivity contribution in [2.75, 3.05) is 6.61 Å². The zero-order valence-corrected chi connectivity index (χ0v) is 32.4. The quantitative estimate of drug-likeness (QED) is 0.0398. The van der Waals surface area contributed by atoms with Gasteiger partial charge in [0.25, 0.3) is 0 Å². The number of esters is 1. The molecule has 0 unspecified atom stereocenters. The van der Waals surface area contributed by atoms with Gasteiger partial charge in [-0.1, -0.05) is 205 Å². The number of hydrogen-bond donors (Lipinski definition) is 1. The number of rotatable bonds is 41. The molecule has 1 N–H and O–H groups in total. The Hall–Kier alpha value is -1.32. The Morgan fingerprint density at radius 1 is 0.396 bits per heavy atom. The van der Waals surface area contributed by atoms with Gasteiger partial charge < -0.3 is 9.84 Å². The van der Waals surface area contributed by atoms with E-state index in [-0.39, 0.29) is 5.97 Å². The summed E-state index contributed by atoms with van der Waals surface area (Å²) in [7, 11) is 0. The van der Waals surface area contributed by atoms with Gasteiger partial charge in [-0.15, -0.1) is 0 Å². The zero-order valence-electron chi connectivity index (χ0n) is 32.4. The summed E-state index contributed by atoms with van der Waals surface area (Å²) in [6, 6.07) is 0. The Balaban J connectivity index is 3.15. The lowest BCUT2D eigenvalue weighted by molar-refractivity contribution is -0.144. The molecule has 0 atom stereocenters. The first kappa shape index (κ1) is 46.7. The fraction of sp³-hybridized carbons (Fsp3) is 0.909. The Labute approximate surface area is 300 Å². The topological polar surface area (TPSA) is 63.6 Å². The third-order valence-corrected chi connectivity index (χ3v) is 9.94. The average Bonchev–Trinajstić information content (AvgIpc) is 3.08. The monoisotopic (exact) mass is 677 g/mol. The molecular formula is C44H84O4. The van der Waals surface area contributed by atoms with E-state index in [0.29, 0.717) is 19.4 Å². The normalized spacial score (nSPS) is 11.5. The highest BCUT2D eigenvalue weighted by Crippen LogP contribution is 2.16. The molecule has 0 bridgehead atoms. The van der Waals surface area contributed by atoms with Crippen LogP contribution in [-0.4, -0.2) is 23.7 Å². The summed E-state index contributed by atoms with van der Waals surface area (Å²) in [5.74, 6) is -0.646. The molecule has 0 aromatic carbocycles. The first-order valence-electron chi connectivity index (χ1n) is 21.7. The maximum absolute atomic E-state index is 12.0. The number of carboxylic acid groups (broad SMARTS) is 1. The molecule has 0 aliphatic carbocycles. The first-order chi connectivity index (χ1) is 23.7. The van der Waals surface area contributed by atoms with Gasteiger partial charge in [-0.3, -0.25) is 9.59 Å². The number of carbonyl (C=O) groups is 2. The van der Waals surface area contributed by atoms with Gasteiger partial charge >= 0.3 is 11.9 Å². The molecule has 0 aromatic heterocycles. The van der Waals surface area contributed by atoms with E-state index in [4.69, 9.17) is 9.84 Å². The van der Waals surface area contributed by atoms with Crippen LogP contribution < -0.4 is 0 Å². The van der Waals surface area contributed by atoms with Crippen molar-refractivity contribution in [3.05, 3.63) is 12.2 Å². The van der Waals surface area contributed by atoms with Crippen molar-refractivity contribution in [1.82, 2.24) is 0 Å². The molecule has 0 saturated heterocycles. The van der Waals surface area contributed by atoms with E-state index in [0.717, 1.165) is 32.1 Å². The number of carboxylic acids is 1. The summed E-state index contributed by atoms with van der Waals surface area (Å²) >= 11 is 0. The van der Waals surface area contributed by atoms with Crippen molar-refractivity contribution in [3.8, 4) is 0 Å². The lowest BCUT2D eigenvalue weighted by Crippen LogP contribution is -2.05. The van der Waals surface area contributed by atoms with Crippen molar-refractivity contribution < 1.29 is 19.4 Å². The van der Waals surface area contributed by atoms with E-state index in [1.165, 1.54) is 199 Å². The molecule has 0 radical (unpaired) electrons. The first-order valence-corrected chi connectivity index (χ1v) is 21.7. The largest absolute Gasteiger partial charge is 0.481 e. The van der Waals surface area contributed by atoms with Crippen molar-refractivity contribution in [3.63, 3.8) is 0 Å². The van der Waals surface area contributed by atoms with Crippen LogP contribution >= 0.6 is 0 Å². The molecule has 48 heavy (non-hydrogen) atoms. The van der Waals surface area contributed by atoms with Gasteiger partial charge in [-0.2, -0.15) is 0 Å². The summed E-state index contributed by atoms with van der Waals surface area (Å²) in [5, 5.41) is 8.65. The van der Waals surface area contributed by atoms with Crippen LogP contribution in [0.5, 0.6) is 0 Å². The van der Waals surface area contributed by atoms with Gasteiger partial charge in [0.1, 0.15) is 0 Å². The van der Waals surface area contributed by atoms with E-state index >= 15 is 0 Å². The number of unbranched alkanes of at least 4 members (excludes halogenated alkanes) is 33. The Bertz CT molecular complexity index is 673. The highest BCUT2D eigenvalue weighted by Gasteiger charge is 2.03. The van der Waals surface area contributed by atoms with Crippen molar-refractivity contribution in [2.24, 2.45) is 0 Å². The Kier molecular flexibility index (Phi) is 40.7. The Morgan fingerprint density at radius 2 is 0.688 bits per heavy atom. The number of carbonyl (C=O) groups excluding carboxylic acids is 1. The van der Waals surface area contributed by atoms with E-state index in [1.54, 1.807) is 0 Å². The van der Waals surface area contributed by atoms with Crippen LogP contribution in [-0.2, 0) is 14.3 Å². The summed E-state index contributed by atoms with van der Waals surface area (Å²) in [6.45, 7) is 2.88. The molecule has 284 valence electrons. The van der Waals surface area contributed by atoms with Gasteiger partial charge in [-0.05, 0) is 44.9 Å². The van der Waals surface area contributed by atoms with Crippen LogP contribution in [0, 0.1) is 0 Å². The fourth-order valence-electron chi connectivity index (χ4n) is 6.69. The number of ether oxygens (including phenoxy) is 1. The molecule has 0 spiro atoms. The van der Waals surface area contributed by atoms with E-state index < -0.39 is 5.97 Å². The zero-order chi connectivity index (χ0) is 34.9. The molecule has 0 saturated carbocycles. The smallest absolute Gasteiger partial charge is 0.305 e. The average molecular weight is 677 g/mol. The van der Waals surface area contributed by atoms with Gasteiger partial charge in [-0.25, -0.2) is 0 Å². The van der Waals surface area contributed by atoms with Crippen LogP contribution in [0.2, 0.25) is 0 Å². The summed E-state index contributed by atoms with van der Waals surface area (Å²) in [5.41, 5.74) is 0. The third kappa shape index (κ3) is 42.7. The van der Waals surface area contributed by atoms with E-state index in [1.807, 2.05) is 0 Å². The van der Waals surface area contributed by atoms with Crippen LogP contribution in [0.25, 0.3) is 0 Å². The van der Waals surface area contributed by atoms with Crippen molar-refractivity contribution in [1.29, 1.82) is 0 Å².